The van der Waals surface area contributed by atoms with E-state index in [1.54, 1.807) is 0 Å². The first-order chi connectivity index (χ1) is 6.43. The first kappa shape index (κ1) is 9.72. The second-order valence-electron chi connectivity index (χ2n) is 5.09. The quantitative estimate of drug-likeness (QED) is 0.666. The van der Waals surface area contributed by atoms with Gasteiger partial charge >= 0.3 is 0 Å². The van der Waals surface area contributed by atoms with E-state index in [2.05, 4.69) is 39.8 Å². The predicted octanol–water partition coefficient (Wildman–Crippen LogP) is 3.02. The monoisotopic (exact) mass is 190 g/mol. The largest absolute Gasteiger partial charge is 0.388 e. The molecule has 0 saturated heterocycles. The predicted molar refractivity (Wildman–Crippen MR) is 58.5 cm³/mol. The zero-order chi connectivity index (χ0) is 10.5. The minimum absolute atomic E-state index is 0.130. The van der Waals surface area contributed by atoms with E-state index in [0.717, 1.165) is 6.42 Å². The summed E-state index contributed by atoms with van der Waals surface area (Å²) in [6.07, 6.45) is 0.591. The summed E-state index contributed by atoms with van der Waals surface area (Å²) in [5, 5.41) is 10.0. The molecule has 1 atom stereocenters. The van der Waals surface area contributed by atoms with Crippen LogP contribution in [0, 0.1) is 13.8 Å². The maximum Gasteiger partial charge on any atom is 0.0803 e. The Kier molecular flexibility index (Phi) is 1.97. The fraction of sp³-hybridized carbons (Fsp3) is 0.538. The van der Waals surface area contributed by atoms with Crippen LogP contribution in [0.5, 0.6) is 0 Å². The van der Waals surface area contributed by atoms with Crippen molar-refractivity contribution in [3.8, 4) is 0 Å². The summed E-state index contributed by atoms with van der Waals surface area (Å²) >= 11 is 0. The molecule has 1 N–H and O–H groups in total. The number of aliphatic hydroxyl groups is 1. The average molecular weight is 190 g/mol. The van der Waals surface area contributed by atoms with E-state index in [9.17, 15) is 5.11 Å². The van der Waals surface area contributed by atoms with Crippen molar-refractivity contribution in [1.82, 2.24) is 0 Å². The van der Waals surface area contributed by atoms with Crippen LogP contribution in [0.1, 0.15) is 48.6 Å². The molecule has 76 valence electrons. The SMILES string of the molecule is Cc1ccc(C)c2c1[C@@H](O)CC2(C)C. The van der Waals surface area contributed by atoms with Crippen molar-refractivity contribution in [2.24, 2.45) is 0 Å². The van der Waals surface area contributed by atoms with Crippen molar-refractivity contribution >= 4 is 0 Å². The van der Waals surface area contributed by atoms with Crippen molar-refractivity contribution in [2.75, 3.05) is 0 Å². The summed E-state index contributed by atoms with van der Waals surface area (Å²) in [5.74, 6) is 0. The summed E-state index contributed by atoms with van der Waals surface area (Å²) in [6.45, 7) is 8.66. The maximum atomic E-state index is 10.0. The van der Waals surface area contributed by atoms with E-state index in [4.69, 9.17) is 0 Å². The molecular weight excluding hydrogens is 172 g/mol. The van der Waals surface area contributed by atoms with Crippen LogP contribution in [0.2, 0.25) is 0 Å². The minimum Gasteiger partial charge on any atom is -0.388 e. The Labute approximate surface area is 85.8 Å². The second-order valence-corrected chi connectivity index (χ2v) is 5.09. The van der Waals surface area contributed by atoms with Crippen LogP contribution in [0.3, 0.4) is 0 Å². The molecule has 1 aliphatic carbocycles. The molecule has 0 amide bonds. The number of fused-ring (bicyclic) bond motifs is 1. The fourth-order valence-corrected chi connectivity index (χ4v) is 2.85. The number of hydrogen-bond donors (Lipinski definition) is 1. The highest BCUT2D eigenvalue weighted by molar-refractivity contribution is 5.49. The minimum atomic E-state index is -0.264. The third-order valence-corrected chi connectivity index (χ3v) is 3.39. The molecule has 1 nitrogen and oxygen atoms in total. The number of benzene rings is 1. The van der Waals surface area contributed by atoms with Gasteiger partial charge in [0.05, 0.1) is 6.10 Å². The molecule has 0 radical (unpaired) electrons. The molecule has 0 bridgehead atoms. The van der Waals surface area contributed by atoms with Gasteiger partial charge in [-0.1, -0.05) is 26.0 Å². The molecule has 14 heavy (non-hydrogen) atoms. The van der Waals surface area contributed by atoms with Gasteiger partial charge in [0.25, 0.3) is 0 Å². The van der Waals surface area contributed by atoms with Crippen molar-refractivity contribution in [3.63, 3.8) is 0 Å². The van der Waals surface area contributed by atoms with E-state index in [1.165, 1.54) is 22.3 Å². The van der Waals surface area contributed by atoms with Gasteiger partial charge in [0.2, 0.25) is 0 Å². The van der Waals surface area contributed by atoms with Crippen LogP contribution in [0.25, 0.3) is 0 Å². The lowest BCUT2D eigenvalue weighted by Crippen LogP contribution is -2.13. The topological polar surface area (TPSA) is 20.2 Å². The Balaban J connectivity index is 2.73. The van der Waals surface area contributed by atoms with Crippen LogP contribution in [-0.2, 0) is 5.41 Å². The zero-order valence-electron chi connectivity index (χ0n) is 9.39. The van der Waals surface area contributed by atoms with Gasteiger partial charge in [-0.25, -0.2) is 0 Å². The number of aryl methyl sites for hydroxylation is 2. The van der Waals surface area contributed by atoms with Crippen LogP contribution in [0.15, 0.2) is 12.1 Å². The zero-order valence-corrected chi connectivity index (χ0v) is 9.39. The van der Waals surface area contributed by atoms with Gasteiger partial charge in [-0.05, 0) is 47.9 Å². The van der Waals surface area contributed by atoms with E-state index < -0.39 is 0 Å². The van der Waals surface area contributed by atoms with E-state index in [1.807, 2.05) is 0 Å². The first-order valence-electron chi connectivity index (χ1n) is 5.22. The number of rotatable bonds is 0. The lowest BCUT2D eigenvalue weighted by atomic mass is 9.83. The Morgan fingerprint density at radius 2 is 1.79 bits per heavy atom. The summed E-state index contributed by atoms with van der Waals surface area (Å²) < 4.78 is 0. The lowest BCUT2D eigenvalue weighted by Gasteiger charge is -2.21. The molecule has 0 spiro atoms. The smallest absolute Gasteiger partial charge is 0.0803 e. The Morgan fingerprint density at radius 1 is 1.21 bits per heavy atom. The Morgan fingerprint density at radius 3 is 2.36 bits per heavy atom. The molecule has 2 rings (SSSR count). The normalized spacial score (nSPS) is 23.6. The van der Waals surface area contributed by atoms with Crippen LogP contribution in [0.4, 0.5) is 0 Å². The van der Waals surface area contributed by atoms with Crippen molar-refractivity contribution in [3.05, 3.63) is 34.4 Å². The van der Waals surface area contributed by atoms with Gasteiger partial charge in [0.15, 0.2) is 0 Å². The van der Waals surface area contributed by atoms with E-state index >= 15 is 0 Å². The Hall–Kier alpha value is -0.820. The number of hydrogen-bond acceptors (Lipinski definition) is 1. The second kappa shape index (κ2) is 2.83. The maximum absolute atomic E-state index is 10.0. The highest BCUT2D eigenvalue weighted by Crippen LogP contribution is 2.47. The molecule has 1 aromatic carbocycles. The molecule has 0 saturated carbocycles. The van der Waals surface area contributed by atoms with Crippen LogP contribution in [-0.4, -0.2) is 5.11 Å². The third kappa shape index (κ3) is 1.19. The van der Waals surface area contributed by atoms with Crippen LogP contribution < -0.4 is 0 Å². The van der Waals surface area contributed by atoms with Gasteiger partial charge in [-0.15, -0.1) is 0 Å². The molecule has 0 aromatic heterocycles. The molecular formula is C13H18O. The van der Waals surface area contributed by atoms with Gasteiger partial charge in [0.1, 0.15) is 0 Å². The molecule has 0 aliphatic heterocycles. The average Bonchev–Trinajstić information content (AvgIpc) is 2.30. The highest BCUT2D eigenvalue weighted by Gasteiger charge is 2.37. The summed E-state index contributed by atoms with van der Waals surface area (Å²) in [6, 6.07) is 4.27. The molecule has 1 aromatic rings. The van der Waals surface area contributed by atoms with Crippen molar-refractivity contribution in [2.45, 2.75) is 45.6 Å². The van der Waals surface area contributed by atoms with Gasteiger partial charge < -0.3 is 5.11 Å². The molecule has 0 heterocycles. The summed E-state index contributed by atoms with van der Waals surface area (Å²) in [7, 11) is 0. The highest BCUT2D eigenvalue weighted by atomic mass is 16.3. The third-order valence-electron chi connectivity index (χ3n) is 3.39. The molecule has 1 heteroatoms. The lowest BCUT2D eigenvalue weighted by molar-refractivity contribution is 0.161. The summed E-state index contributed by atoms with van der Waals surface area (Å²) in [5.41, 5.74) is 5.21. The fourth-order valence-electron chi connectivity index (χ4n) is 2.85. The molecule has 0 unspecified atom stereocenters. The van der Waals surface area contributed by atoms with Crippen molar-refractivity contribution in [1.29, 1.82) is 0 Å². The van der Waals surface area contributed by atoms with Gasteiger partial charge in [-0.2, -0.15) is 0 Å². The number of aliphatic hydroxyl groups excluding tert-OH is 1. The van der Waals surface area contributed by atoms with Crippen LogP contribution >= 0.6 is 0 Å². The molecule has 1 aliphatic rings. The van der Waals surface area contributed by atoms with E-state index in [0.29, 0.717) is 0 Å². The van der Waals surface area contributed by atoms with E-state index in [-0.39, 0.29) is 11.5 Å². The Bertz CT molecular complexity index is 377. The standard InChI is InChI=1S/C13H18O/c1-8-5-6-9(2)12-11(8)10(14)7-13(12,3)4/h5-6,10,14H,7H2,1-4H3/t10-/m0/s1. The van der Waals surface area contributed by atoms with Gasteiger partial charge in [0, 0.05) is 0 Å². The van der Waals surface area contributed by atoms with Crippen molar-refractivity contribution < 1.29 is 5.11 Å². The summed E-state index contributed by atoms with van der Waals surface area (Å²) in [4.78, 5) is 0. The van der Waals surface area contributed by atoms with Gasteiger partial charge in [-0.3, -0.25) is 0 Å². The molecule has 0 fully saturated rings. The first-order valence-corrected chi connectivity index (χ1v) is 5.22.